The zero-order chi connectivity index (χ0) is 13.9. The fourth-order valence-electron chi connectivity index (χ4n) is 2.21. The van der Waals surface area contributed by atoms with Crippen LogP contribution in [0.4, 0.5) is 0 Å². The average molecular weight is 260 g/mol. The summed E-state index contributed by atoms with van der Waals surface area (Å²) in [5.74, 6) is 0.703. The van der Waals surface area contributed by atoms with E-state index >= 15 is 0 Å². The lowest BCUT2D eigenvalue weighted by Crippen LogP contribution is -1.95. The molecular weight excluding hydrogens is 248 g/mol. The quantitative estimate of drug-likeness (QED) is 0.694. The Morgan fingerprint density at radius 3 is 2.55 bits per heavy atom. The van der Waals surface area contributed by atoms with Crippen molar-refractivity contribution < 1.29 is 4.42 Å². The Bertz CT molecular complexity index is 769. The summed E-state index contributed by atoms with van der Waals surface area (Å²) in [4.78, 5) is 4.46. The van der Waals surface area contributed by atoms with Gasteiger partial charge in [-0.25, -0.2) is 4.98 Å². The molecule has 3 nitrogen and oxygen atoms in total. The van der Waals surface area contributed by atoms with Crippen LogP contribution in [0.15, 0.2) is 59.2 Å². The Hall–Kier alpha value is -2.86. The maximum Gasteiger partial charge on any atom is 0.152 e. The summed E-state index contributed by atoms with van der Waals surface area (Å²) < 4.78 is 5.39. The van der Waals surface area contributed by atoms with E-state index in [-0.39, 0.29) is 0 Å². The SMILES string of the molecule is Cc1nc(-c2ccco2)cc(-c2ccccc2)c1C#N. The predicted molar refractivity (Wildman–Crippen MR) is 76.8 cm³/mol. The molecule has 0 aliphatic heterocycles. The number of nitrogens with zero attached hydrogens (tertiary/aromatic N) is 2. The first kappa shape index (κ1) is 12.2. The fourth-order valence-corrected chi connectivity index (χ4v) is 2.21. The monoisotopic (exact) mass is 260 g/mol. The Kier molecular flexibility index (Phi) is 3.06. The van der Waals surface area contributed by atoms with Crippen LogP contribution in [0, 0.1) is 18.3 Å². The van der Waals surface area contributed by atoms with E-state index < -0.39 is 0 Å². The lowest BCUT2D eigenvalue weighted by molar-refractivity contribution is 0.580. The third kappa shape index (κ3) is 2.08. The van der Waals surface area contributed by atoms with Crippen molar-refractivity contribution in [2.75, 3.05) is 0 Å². The Labute approximate surface area is 117 Å². The van der Waals surface area contributed by atoms with E-state index in [0.717, 1.165) is 16.8 Å². The van der Waals surface area contributed by atoms with Crippen molar-refractivity contribution in [3.05, 3.63) is 66.1 Å². The Morgan fingerprint density at radius 1 is 1.10 bits per heavy atom. The summed E-state index contributed by atoms with van der Waals surface area (Å²) in [6, 6.07) is 17.7. The van der Waals surface area contributed by atoms with Crippen molar-refractivity contribution in [3.63, 3.8) is 0 Å². The van der Waals surface area contributed by atoms with Gasteiger partial charge in [-0.15, -0.1) is 0 Å². The van der Waals surface area contributed by atoms with Gasteiger partial charge in [-0.05, 0) is 30.7 Å². The van der Waals surface area contributed by atoms with Crippen LogP contribution in [-0.4, -0.2) is 4.98 Å². The first-order valence-corrected chi connectivity index (χ1v) is 6.30. The summed E-state index contributed by atoms with van der Waals surface area (Å²) in [5, 5.41) is 9.37. The molecule has 0 atom stereocenters. The van der Waals surface area contributed by atoms with Crippen molar-refractivity contribution in [1.82, 2.24) is 4.98 Å². The van der Waals surface area contributed by atoms with E-state index in [9.17, 15) is 5.26 Å². The van der Waals surface area contributed by atoms with E-state index in [1.165, 1.54) is 0 Å². The van der Waals surface area contributed by atoms with Crippen molar-refractivity contribution in [1.29, 1.82) is 5.26 Å². The van der Waals surface area contributed by atoms with E-state index in [4.69, 9.17) is 4.42 Å². The first-order chi connectivity index (χ1) is 9.79. The van der Waals surface area contributed by atoms with Gasteiger partial charge in [-0.3, -0.25) is 0 Å². The smallest absolute Gasteiger partial charge is 0.152 e. The highest BCUT2D eigenvalue weighted by Gasteiger charge is 2.13. The molecule has 2 aromatic heterocycles. The molecule has 3 heteroatoms. The highest BCUT2D eigenvalue weighted by Crippen LogP contribution is 2.29. The molecule has 0 unspecified atom stereocenters. The number of hydrogen-bond acceptors (Lipinski definition) is 3. The maximum atomic E-state index is 9.37. The lowest BCUT2D eigenvalue weighted by atomic mass is 9.98. The van der Waals surface area contributed by atoms with Gasteiger partial charge >= 0.3 is 0 Å². The normalized spacial score (nSPS) is 10.2. The molecule has 0 N–H and O–H groups in total. The average Bonchev–Trinajstić information content (AvgIpc) is 3.01. The second-order valence-electron chi connectivity index (χ2n) is 4.47. The summed E-state index contributed by atoms with van der Waals surface area (Å²) in [6.07, 6.45) is 1.62. The van der Waals surface area contributed by atoms with Gasteiger partial charge in [0.25, 0.3) is 0 Å². The van der Waals surface area contributed by atoms with Gasteiger partial charge < -0.3 is 4.42 Å². The molecular formula is C17H12N2O. The van der Waals surface area contributed by atoms with E-state index in [2.05, 4.69) is 11.1 Å². The van der Waals surface area contributed by atoms with Gasteiger partial charge in [0.1, 0.15) is 11.8 Å². The van der Waals surface area contributed by atoms with Crippen LogP contribution in [0.5, 0.6) is 0 Å². The van der Waals surface area contributed by atoms with Crippen LogP contribution in [0.1, 0.15) is 11.3 Å². The lowest BCUT2D eigenvalue weighted by Gasteiger charge is -2.09. The van der Waals surface area contributed by atoms with Gasteiger partial charge in [-0.1, -0.05) is 30.3 Å². The number of hydrogen-bond donors (Lipinski definition) is 0. The van der Waals surface area contributed by atoms with Crippen LogP contribution < -0.4 is 0 Å². The van der Waals surface area contributed by atoms with Gasteiger partial charge in [0.05, 0.1) is 17.5 Å². The number of furan rings is 1. The molecule has 0 bridgehead atoms. The number of pyridine rings is 1. The van der Waals surface area contributed by atoms with Gasteiger partial charge in [0.2, 0.25) is 0 Å². The molecule has 0 saturated carbocycles. The van der Waals surface area contributed by atoms with Crippen LogP contribution in [0.25, 0.3) is 22.6 Å². The van der Waals surface area contributed by atoms with Crippen molar-refractivity contribution in [2.45, 2.75) is 6.92 Å². The number of nitriles is 1. The van der Waals surface area contributed by atoms with Crippen LogP contribution >= 0.6 is 0 Å². The summed E-state index contributed by atoms with van der Waals surface area (Å²) in [7, 11) is 0. The summed E-state index contributed by atoms with van der Waals surface area (Å²) in [5.41, 5.74) is 3.94. The molecule has 0 saturated heterocycles. The largest absolute Gasteiger partial charge is 0.463 e. The van der Waals surface area contributed by atoms with Gasteiger partial charge in [-0.2, -0.15) is 5.26 Å². The zero-order valence-electron chi connectivity index (χ0n) is 11.0. The molecule has 0 aliphatic rings. The minimum atomic E-state index is 0.603. The standard InChI is InChI=1S/C17H12N2O/c1-12-15(11-18)14(13-6-3-2-4-7-13)10-16(19-12)17-8-5-9-20-17/h2-10H,1H3. The van der Waals surface area contributed by atoms with Crippen LogP contribution in [0.2, 0.25) is 0 Å². The van der Waals surface area contributed by atoms with E-state index in [0.29, 0.717) is 17.0 Å². The molecule has 3 aromatic rings. The first-order valence-electron chi connectivity index (χ1n) is 6.30. The molecule has 0 fully saturated rings. The maximum absolute atomic E-state index is 9.37. The van der Waals surface area contributed by atoms with Crippen molar-refractivity contribution in [2.24, 2.45) is 0 Å². The molecule has 1 aromatic carbocycles. The van der Waals surface area contributed by atoms with Crippen molar-refractivity contribution in [3.8, 4) is 28.7 Å². The van der Waals surface area contributed by atoms with Crippen LogP contribution in [-0.2, 0) is 0 Å². The number of rotatable bonds is 2. The number of benzene rings is 1. The molecule has 0 spiro atoms. The zero-order valence-corrected chi connectivity index (χ0v) is 11.0. The fraction of sp³-hybridized carbons (Fsp3) is 0.0588. The molecule has 0 amide bonds. The minimum absolute atomic E-state index is 0.603. The second kappa shape index (κ2) is 5.02. The highest BCUT2D eigenvalue weighted by atomic mass is 16.3. The molecule has 20 heavy (non-hydrogen) atoms. The number of aryl methyl sites for hydroxylation is 1. The third-order valence-corrected chi connectivity index (χ3v) is 3.17. The predicted octanol–water partition coefficient (Wildman–Crippen LogP) is 4.19. The van der Waals surface area contributed by atoms with Gasteiger partial charge in [0.15, 0.2) is 5.76 Å². The Morgan fingerprint density at radius 2 is 1.90 bits per heavy atom. The molecule has 2 heterocycles. The molecule has 96 valence electrons. The van der Waals surface area contributed by atoms with Crippen molar-refractivity contribution >= 4 is 0 Å². The number of aromatic nitrogens is 1. The minimum Gasteiger partial charge on any atom is -0.463 e. The van der Waals surface area contributed by atoms with E-state index in [1.54, 1.807) is 6.26 Å². The molecule has 3 rings (SSSR count). The van der Waals surface area contributed by atoms with Crippen LogP contribution in [0.3, 0.4) is 0 Å². The topological polar surface area (TPSA) is 49.8 Å². The summed E-state index contributed by atoms with van der Waals surface area (Å²) in [6.45, 7) is 1.84. The van der Waals surface area contributed by atoms with E-state index in [1.807, 2.05) is 55.5 Å². The second-order valence-corrected chi connectivity index (χ2v) is 4.47. The highest BCUT2D eigenvalue weighted by molar-refractivity contribution is 5.75. The molecule has 0 aliphatic carbocycles. The Balaban J connectivity index is 2.25. The summed E-state index contributed by atoms with van der Waals surface area (Å²) >= 11 is 0. The third-order valence-electron chi connectivity index (χ3n) is 3.17. The molecule has 0 radical (unpaired) electrons. The van der Waals surface area contributed by atoms with Gasteiger partial charge in [0, 0.05) is 5.56 Å².